The van der Waals surface area contributed by atoms with Gasteiger partial charge in [-0.05, 0) is 140 Å². The molecule has 1 aromatic heterocycles. The van der Waals surface area contributed by atoms with E-state index in [9.17, 15) is 0 Å². The lowest BCUT2D eigenvalue weighted by atomic mass is 9.82. The molecule has 0 atom stereocenters. The molecule has 0 bridgehead atoms. The quantitative estimate of drug-likeness (QED) is 0.156. The van der Waals surface area contributed by atoms with E-state index in [0.717, 1.165) is 0 Å². The zero-order chi connectivity index (χ0) is 38.3. The first-order valence-electron chi connectivity index (χ1n) is 20.4. The first-order valence-corrected chi connectivity index (χ1v) is 20.4. The van der Waals surface area contributed by atoms with Crippen LogP contribution in [-0.4, -0.2) is 4.57 Å². The topological polar surface area (TPSA) is 4.93 Å². The van der Waals surface area contributed by atoms with Crippen LogP contribution in [0.5, 0.6) is 0 Å². The van der Waals surface area contributed by atoms with Crippen molar-refractivity contribution in [1.82, 2.24) is 4.57 Å². The highest BCUT2D eigenvalue weighted by atomic mass is 15.0. The molecule has 58 heavy (non-hydrogen) atoms. The van der Waals surface area contributed by atoms with E-state index in [1.165, 1.54) is 126 Å². The molecule has 1 nitrogen and oxygen atoms in total. The SMILES string of the molecule is CC1(C)c2ccccc2-c2cc3c4cc5c6ccccc6c6ccccc6c5cc4n(-c4cccc(-c5ccc6c7ccccc7c7ccccc7c6c5)c4)c3cc21. The second-order valence-corrected chi connectivity index (χ2v) is 16.8. The summed E-state index contributed by atoms with van der Waals surface area (Å²) in [6.07, 6.45) is 0. The third-order valence-corrected chi connectivity index (χ3v) is 13.5. The Hall–Kier alpha value is -7.22. The average Bonchev–Trinajstić information content (AvgIpc) is 3.71. The predicted molar refractivity (Wildman–Crippen MR) is 249 cm³/mol. The Kier molecular flexibility index (Phi) is 6.29. The summed E-state index contributed by atoms with van der Waals surface area (Å²) in [7, 11) is 0. The largest absolute Gasteiger partial charge is 0.309 e. The van der Waals surface area contributed by atoms with Crippen LogP contribution in [0.2, 0.25) is 0 Å². The third-order valence-electron chi connectivity index (χ3n) is 13.5. The van der Waals surface area contributed by atoms with E-state index >= 15 is 0 Å². The van der Waals surface area contributed by atoms with Gasteiger partial charge < -0.3 is 4.57 Å². The van der Waals surface area contributed by atoms with Crippen molar-refractivity contribution in [3.8, 4) is 27.9 Å². The summed E-state index contributed by atoms with van der Waals surface area (Å²) in [6, 6.07) is 70.7. The van der Waals surface area contributed by atoms with Crippen molar-refractivity contribution < 1.29 is 0 Å². The van der Waals surface area contributed by atoms with Gasteiger partial charge in [-0.2, -0.15) is 0 Å². The van der Waals surface area contributed by atoms with Gasteiger partial charge in [0.25, 0.3) is 0 Å². The van der Waals surface area contributed by atoms with Crippen molar-refractivity contribution in [2.24, 2.45) is 0 Å². The second kappa shape index (κ2) is 11.4. The van der Waals surface area contributed by atoms with E-state index in [4.69, 9.17) is 0 Å². The minimum absolute atomic E-state index is 0.113. The fourth-order valence-corrected chi connectivity index (χ4v) is 10.8. The Morgan fingerprint density at radius 1 is 0.293 bits per heavy atom. The lowest BCUT2D eigenvalue weighted by Crippen LogP contribution is -2.14. The highest BCUT2D eigenvalue weighted by Gasteiger charge is 2.36. The zero-order valence-corrected chi connectivity index (χ0v) is 32.3. The molecule has 0 unspecified atom stereocenters. The van der Waals surface area contributed by atoms with E-state index in [0.29, 0.717) is 0 Å². The summed E-state index contributed by atoms with van der Waals surface area (Å²) in [6.45, 7) is 4.77. The molecule has 0 amide bonds. The zero-order valence-electron chi connectivity index (χ0n) is 32.3. The van der Waals surface area contributed by atoms with Crippen LogP contribution in [-0.2, 0) is 5.41 Å². The number of fused-ring (bicyclic) bond motifs is 18. The molecule has 0 fully saturated rings. The third kappa shape index (κ3) is 4.20. The first-order chi connectivity index (χ1) is 28.5. The van der Waals surface area contributed by atoms with E-state index in [1.807, 2.05) is 0 Å². The summed E-state index contributed by atoms with van der Waals surface area (Å²) >= 11 is 0. The Morgan fingerprint density at radius 2 is 0.759 bits per heavy atom. The lowest BCUT2D eigenvalue weighted by Gasteiger charge is -2.21. The van der Waals surface area contributed by atoms with Gasteiger partial charge >= 0.3 is 0 Å². The van der Waals surface area contributed by atoms with Crippen LogP contribution in [0.1, 0.15) is 25.0 Å². The maximum Gasteiger partial charge on any atom is 0.0547 e. The maximum absolute atomic E-state index is 2.54. The highest BCUT2D eigenvalue weighted by molar-refractivity contribution is 6.29. The molecule has 270 valence electrons. The van der Waals surface area contributed by atoms with Crippen LogP contribution in [0.25, 0.3) is 114 Å². The second-order valence-electron chi connectivity index (χ2n) is 16.8. The van der Waals surface area contributed by atoms with Crippen molar-refractivity contribution in [2.45, 2.75) is 19.3 Å². The standard InChI is InChI=1S/C57H37N/c1-57(2)53-25-12-11-24-46(53)50-31-52-51-30-48-43-22-9-6-18-39(43)40-19-7-10-23-44(40)49(48)32-55(51)58(56(52)33-54(50)57)36-15-13-14-34(28-36)35-26-27-45-41-20-4-3-16-37(41)38-17-5-8-21-42(38)47(45)29-35/h3-33H,1-2H3. The van der Waals surface area contributed by atoms with Crippen LogP contribution in [0.15, 0.2) is 188 Å². The van der Waals surface area contributed by atoms with E-state index in [1.54, 1.807) is 0 Å². The van der Waals surface area contributed by atoms with Gasteiger partial charge in [-0.3, -0.25) is 0 Å². The number of nitrogens with zero attached hydrogens (tertiary/aromatic N) is 1. The van der Waals surface area contributed by atoms with Crippen molar-refractivity contribution in [3.05, 3.63) is 199 Å². The van der Waals surface area contributed by atoms with Gasteiger partial charge in [-0.25, -0.2) is 0 Å². The minimum atomic E-state index is -0.113. The van der Waals surface area contributed by atoms with Crippen LogP contribution < -0.4 is 0 Å². The van der Waals surface area contributed by atoms with Crippen molar-refractivity contribution >= 4 is 86.4 Å². The number of hydrogen-bond donors (Lipinski definition) is 0. The molecule has 13 rings (SSSR count). The molecular weight excluding hydrogens is 699 g/mol. The highest BCUT2D eigenvalue weighted by Crippen LogP contribution is 2.52. The summed E-state index contributed by atoms with van der Waals surface area (Å²) in [5, 5.41) is 18.1. The molecule has 0 aliphatic heterocycles. The van der Waals surface area contributed by atoms with Crippen LogP contribution in [0.4, 0.5) is 0 Å². The summed E-state index contributed by atoms with van der Waals surface area (Å²) in [4.78, 5) is 0. The Balaban J connectivity index is 1.12. The Morgan fingerprint density at radius 3 is 1.38 bits per heavy atom. The molecular formula is C57H37N. The smallest absolute Gasteiger partial charge is 0.0547 e. The Bertz CT molecular complexity index is 3730. The van der Waals surface area contributed by atoms with Gasteiger partial charge in [-0.15, -0.1) is 0 Å². The normalized spacial score (nSPS) is 13.5. The molecule has 0 radical (unpaired) electrons. The number of rotatable bonds is 2. The summed E-state index contributed by atoms with van der Waals surface area (Å²) < 4.78 is 2.54. The van der Waals surface area contributed by atoms with E-state index < -0.39 is 0 Å². The summed E-state index contributed by atoms with van der Waals surface area (Å²) in [5.74, 6) is 0. The van der Waals surface area contributed by atoms with Gasteiger partial charge in [0.2, 0.25) is 0 Å². The fraction of sp³-hybridized carbons (Fsp3) is 0.0526. The molecule has 1 heteroatoms. The van der Waals surface area contributed by atoms with Crippen LogP contribution >= 0.6 is 0 Å². The number of hydrogen-bond acceptors (Lipinski definition) is 0. The van der Waals surface area contributed by atoms with Crippen LogP contribution in [0.3, 0.4) is 0 Å². The molecule has 1 aliphatic carbocycles. The summed E-state index contributed by atoms with van der Waals surface area (Å²) in [5.41, 5.74) is 11.4. The molecule has 0 saturated carbocycles. The van der Waals surface area contributed by atoms with Gasteiger partial charge in [0.1, 0.15) is 0 Å². The predicted octanol–water partition coefficient (Wildman–Crippen LogP) is 15.7. The van der Waals surface area contributed by atoms with Gasteiger partial charge in [-0.1, -0.05) is 159 Å². The van der Waals surface area contributed by atoms with Gasteiger partial charge in [0.15, 0.2) is 0 Å². The molecule has 0 N–H and O–H groups in total. The van der Waals surface area contributed by atoms with Gasteiger partial charge in [0.05, 0.1) is 11.0 Å². The van der Waals surface area contributed by atoms with E-state index in [-0.39, 0.29) is 5.41 Å². The van der Waals surface area contributed by atoms with Crippen molar-refractivity contribution in [2.75, 3.05) is 0 Å². The molecule has 0 saturated heterocycles. The van der Waals surface area contributed by atoms with Crippen molar-refractivity contribution in [3.63, 3.8) is 0 Å². The van der Waals surface area contributed by atoms with Gasteiger partial charge in [0, 0.05) is 21.9 Å². The number of benzene rings is 11. The maximum atomic E-state index is 2.54. The Labute approximate surface area is 336 Å². The number of aromatic nitrogens is 1. The molecule has 12 aromatic rings. The fourth-order valence-electron chi connectivity index (χ4n) is 10.8. The monoisotopic (exact) mass is 735 g/mol. The molecule has 11 aromatic carbocycles. The molecule has 0 spiro atoms. The lowest BCUT2D eigenvalue weighted by molar-refractivity contribution is 0.661. The van der Waals surface area contributed by atoms with Crippen LogP contribution in [0, 0.1) is 0 Å². The average molecular weight is 736 g/mol. The van der Waals surface area contributed by atoms with Crippen molar-refractivity contribution in [1.29, 1.82) is 0 Å². The first kappa shape index (κ1) is 31.9. The molecule has 1 heterocycles. The molecule has 1 aliphatic rings. The minimum Gasteiger partial charge on any atom is -0.309 e. The van der Waals surface area contributed by atoms with E-state index in [2.05, 4.69) is 206 Å².